The van der Waals surface area contributed by atoms with E-state index in [-0.39, 0.29) is 6.04 Å². The van der Waals surface area contributed by atoms with Crippen LogP contribution >= 0.6 is 11.3 Å². The first-order valence-electron chi connectivity index (χ1n) is 5.06. The zero-order valence-electron chi connectivity index (χ0n) is 9.27. The molecule has 0 amide bonds. The van der Waals surface area contributed by atoms with Crippen LogP contribution in [-0.4, -0.2) is 9.97 Å². The first-order chi connectivity index (χ1) is 7.66. The summed E-state index contributed by atoms with van der Waals surface area (Å²) in [6.45, 7) is 4.06. The first-order valence-corrected chi connectivity index (χ1v) is 5.94. The summed E-state index contributed by atoms with van der Waals surface area (Å²) < 4.78 is 0. The molecule has 0 saturated carbocycles. The molecule has 5 heteroatoms. The topological polar surface area (TPSA) is 63.8 Å². The molecule has 4 nitrogen and oxygen atoms in total. The van der Waals surface area contributed by atoms with Gasteiger partial charge >= 0.3 is 0 Å². The van der Waals surface area contributed by atoms with Crippen LogP contribution in [0.3, 0.4) is 0 Å². The molecule has 2 aromatic rings. The van der Waals surface area contributed by atoms with E-state index in [1.54, 1.807) is 17.5 Å². The first kappa shape index (κ1) is 10.9. The highest BCUT2D eigenvalue weighted by atomic mass is 32.1. The van der Waals surface area contributed by atoms with Crippen LogP contribution in [-0.2, 0) is 0 Å². The maximum absolute atomic E-state index is 5.56. The highest BCUT2D eigenvalue weighted by Crippen LogP contribution is 2.23. The number of nitrogens with one attached hydrogen (secondary N) is 1. The van der Waals surface area contributed by atoms with Crippen molar-refractivity contribution < 1.29 is 0 Å². The lowest BCUT2D eigenvalue weighted by atomic mass is 10.2. The summed E-state index contributed by atoms with van der Waals surface area (Å²) in [4.78, 5) is 9.40. The third kappa shape index (κ3) is 2.30. The highest BCUT2D eigenvalue weighted by Gasteiger charge is 2.09. The van der Waals surface area contributed by atoms with Crippen LogP contribution in [0.25, 0.3) is 0 Å². The van der Waals surface area contributed by atoms with Crippen LogP contribution in [0.1, 0.15) is 23.4 Å². The molecule has 1 unspecified atom stereocenters. The molecule has 0 aromatic carbocycles. The summed E-state index contributed by atoms with van der Waals surface area (Å²) in [6, 6.07) is 4.37. The largest absolute Gasteiger partial charge is 0.368 e. The van der Waals surface area contributed by atoms with E-state index >= 15 is 0 Å². The molecular weight excluding hydrogens is 220 g/mol. The van der Waals surface area contributed by atoms with E-state index in [4.69, 9.17) is 5.73 Å². The molecule has 2 heterocycles. The van der Waals surface area contributed by atoms with Crippen molar-refractivity contribution >= 4 is 23.1 Å². The normalized spacial score (nSPS) is 12.4. The molecule has 0 fully saturated rings. The second kappa shape index (κ2) is 4.49. The zero-order valence-corrected chi connectivity index (χ0v) is 10.1. The molecule has 3 N–H and O–H groups in total. The number of anilines is 2. The minimum Gasteiger partial charge on any atom is -0.368 e. The van der Waals surface area contributed by atoms with E-state index in [9.17, 15) is 0 Å². The molecule has 0 radical (unpaired) electrons. The lowest BCUT2D eigenvalue weighted by Crippen LogP contribution is -2.09. The molecule has 16 heavy (non-hydrogen) atoms. The van der Waals surface area contributed by atoms with Crippen molar-refractivity contribution in [1.82, 2.24) is 9.97 Å². The molecule has 2 rings (SSSR count). The standard InChI is InChI=1S/C11H14N4S/c1-7-6-13-11(12)15-10(7)14-8(2)9-4-3-5-16-9/h3-6,8H,1-2H3,(H3,12,13,14,15). The molecular formula is C11H14N4S. The van der Waals surface area contributed by atoms with Crippen molar-refractivity contribution in [3.05, 3.63) is 34.2 Å². The second-order valence-electron chi connectivity index (χ2n) is 3.64. The van der Waals surface area contributed by atoms with Gasteiger partial charge in [-0.15, -0.1) is 11.3 Å². The third-order valence-electron chi connectivity index (χ3n) is 2.31. The molecule has 84 valence electrons. The van der Waals surface area contributed by atoms with Gasteiger partial charge < -0.3 is 11.1 Å². The number of thiophene rings is 1. The van der Waals surface area contributed by atoms with E-state index in [0.29, 0.717) is 5.95 Å². The van der Waals surface area contributed by atoms with Gasteiger partial charge in [-0.05, 0) is 25.3 Å². The minimum absolute atomic E-state index is 0.230. The Bertz CT molecular complexity index is 467. The van der Waals surface area contributed by atoms with Gasteiger partial charge in [0.2, 0.25) is 5.95 Å². The average Bonchev–Trinajstić information content (AvgIpc) is 2.76. The fraction of sp³-hybridized carbons (Fsp3) is 0.273. The predicted molar refractivity (Wildman–Crippen MR) is 67.5 cm³/mol. The maximum Gasteiger partial charge on any atom is 0.221 e. The van der Waals surface area contributed by atoms with E-state index in [1.807, 2.05) is 13.0 Å². The fourth-order valence-electron chi connectivity index (χ4n) is 1.42. The van der Waals surface area contributed by atoms with Crippen LogP contribution in [0.2, 0.25) is 0 Å². The van der Waals surface area contributed by atoms with Gasteiger partial charge in [-0.25, -0.2) is 4.98 Å². The van der Waals surface area contributed by atoms with Gasteiger partial charge in [-0.3, -0.25) is 0 Å². The molecule has 0 saturated heterocycles. The van der Waals surface area contributed by atoms with Gasteiger partial charge in [0.15, 0.2) is 0 Å². The number of hydrogen-bond acceptors (Lipinski definition) is 5. The highest BCUT2D eigenvalue weighted by molar-refractivity contribution is 7.10. The summed E-state index contributed by atoms with van der Waals surface area (Å²) >= 11 is 1.72. The van der Waals surface area contributed by atoms with Crippen LogP contribution in [0, 0.1) is 6.92 Å². The summed E-state index contributed by atoms with van der Waals surface area (Å²) in [5.74, 6) is 1.10. The Hall–Kier alpha value is -1.62. The monoisotopic (exact) mass is 234 g/mol. The van der Waals surface area contributed by atoms with Crippen molar-refractivity contribution in [2.45, 2.75) is 19.9 Å². The van der Waals surface area contributed by atoms with Crippen LogP contribution < -0.4 is 11.1 Å². The van der Waals surface area contributed by atoms with Crippen molar-refractivity contribution in [3.8, 4) is 0 Å². The smallest absolute Gasteiger partial charge is 0.221 e. The van der Waals surface area contributed by atoms with Crippen LogP contribution in [0.5, 0.6) is 0 Å². The average molecular weight is 234 g/mol. The van der Waals surface area contributed by atoms with E-state index in [0.717, 1.165) is 11.4 Å². The predicted octanol–water partition coefficient (Wildman–Crippen LogP) is 2.60. The number of aryl methyl sites for hydroxylation is 1. The molecule has 0 bridgehead atoms. The van der Waals surface area contributed by atoms with Crippen molar-refractivity contribution in [2.75, 3.05) is 11.1 Å². The quantitative estimate of drug-likeness (QED) is 0.856. The zero-order chi connectivity index (χ0) is 11.5. The molecule has 0 spiro atoms. The Labute approximate surface area is 98.6 Å². The lowest BCUT2D eigenvalue weighted by Gasteiger charge is -2.14. The number of rotatable bonds is 3. The Kier molecular flexibility index (Phi) is 3.05. The minimum atomic E-state index is 0.230. The van der Waals surface area contributed by atoms with Gasteiger partial charge in [0.05, 0.1) is 6.04 Å². The van der Waals surface area contributed by atoms with Gasteiger partial charge in [0.1, 0.15) is 5.82 Å². The molecule has 0 aliphatic carbocycles. The van der Waals surface area contributed by atoms with Gasteiger partial charge in [-0.1, -0.05) is 6.07 Å². The Morgan fingerprint density at radius 1 is 1.50 bits per heavy atom. The van der Waals surface area contributed by atoms with E-state index < -0.39 is 0 Å². The van der Waals surface area contributed by atoms with Crippen LogP contribution in [0.4, 0.5) is 11.8 Å². The number of hydrogen-bond donors (Lipinski definition) is 2. The summed E-state index contributed by atoms with van der Waals surface area (Å²) in [5.41, 5.74) is 6.56. The Morgan fingerprint density at radius 2 is 2.31 bits per heavy atom. The van der Waals surface area contributed by atoms with Crippen molar-refractivity contribution in [1.29, 1.82) is 0 Å². The molecule has 0 aliphatic rings. The van der Waals surface area contributed by atoms with Gasteiger partial charge in [0, 0.05) is 16.6 Å². The van der Waals surface area contributed by atoms with Gasteiger partial charge in [0.25, 0.3) is 0 Å². The van der Waals surface area contributed by atoms with Crippen LogP contribution in [0.15, 0.2) is 23.7 Å². The lowest BCUT2D eigenvalue weighted by molar-refractivity contribution is 0.890. The van der Waals surface area contributed by atoms with Gasteiger partial charge in [-0.2, -0.15) is 4.98 Å². The summed E-state index contributed by atoms with van der Waals surface area (Å²) in [6.07, 6.45) is 1.73. The molecule has 1 atom stereocenters. The maximum atomic E-state index is 5.56. The number of nitrogens with zero attached hydrogens (tertiary/aromatic N) is 2. The Morgan fingerprint density at radius 3 is 3.00 bits per heavy atom. The fourth-order valence-corrected chi connectivity index (χ4v) is 2.15. The third-order valence-corrected chi connectivity index (χ3v) is 3.37. The SMILES string of the molecule is Cc1cnc(N)nc1NC(C)c1cccs1. The molecule has 0 aliphatic heterocycles. The Balaban J connectivity index is 2.17. The van der Waals surface area contributed by atoms with Crippen molar-refractivity contribution in [3.63, 3.8) is 0 Å². The number of nitrogens with two attached hydrogens (primary N) is 1. The van der Waals surface area contributed by atoms with E-state index in [2.05, 4.69) is 33.7 Å². The number of aromatic nitrogens is 2. The van der Waals surface area contributed by atoms with E-state index in [1.165, 1.54) is 4.88 Å². The second-order valence-corrected chi connectivity index (χ2v) is 4.62. The number of nitrogen functional groups attached to an aromatic ring is 1. The summed E-state index contributed by atoms with van der Waals surface area (Å²) in [7, 11) is 0. The molecule has 2 aromatic heterocycles. The van der Waals surface area contributed by atoms with Crippen molar-refractivity contribution in [2.24, 2.45) is 0 Å². The summed E-state index contributed by atoms with van der Waals surface area (Å²) in [5, 5.41) is 5.40.